The molecule has 1 amide bonds. The maximum atomic E-state index is 14.0. The number of para-hydroxylation sites is 1. The van der Waals surface area contributed by atoms with Crippen LogP contribution in [0.15, 0.2) is 53.1 Å². The van der Waals surface area contributed by atoms with E-state index in [4.69, 9.17) is 9.26 Å². The number of carbonyl (C=O) groups is 1. The molecule has 0 atom stereocenters. The number of carbonyl (C=O) groups excluding carboxylic acids is 1. The van der Waals surface area contributed by atoms with E-state index >= 15 is 0 Å². The van der Waals surface area contributed by atoms with Gasteiger partial charge in [-0.05, 0) is 49.7 Å². The number of halogens is 1. The number of sulfonamides is 1. The van der Waals surface area contributed by atoms with Crippen LogP contribution < -0.4 is 14.4 Å². The Hall–Kier alpha value is -3.47. The van der Waals surface area contributed by atoms with E-state index in [1.807, 2.05) is 6.92 Å². The van der Waals surface area contributed by atoms with E-state index in [1.54, 1.807) is 30.3 Å². The molecule has 1 aromatic heterocycles. The van der Waals surface area contributed by atoms with Crippen molar-refractivity contribution >= 4 is 21.6 Å². The molecule has 0 unspecified atom stereocenters. The van der Waals surface area contributed by atoms with E-state index < -0.39 is 15.8 Å². The number of amides is 1. The number of benzene rings is 2. The molecule has 0 aliphatic heterocycles. The molecular formula is C22H25FN4O5S. The molecule has 0 fully saturated rings. The van der Waals surface area contributed by atoms with Crippen molar-refractivity contribution in [3.8, 4) is 17.1 Å². The topological polar surface area (TPSA) is 115 Å². The zero-order valence-electron chi connectivity index (χ0n) is 18.3. The molecular weight excluding hydrogens is 451 g/mol. The lowest BCUT2D eigenvalue weighted by atomic mass is 10.2. The van der Waals surface area contributed by atoms with Gasteiger partial charge < -0.3 is 14.6 Å². The third-order valence-corrected chi connectivity index (χ3v) is 5.79. The molecule has 0 saturated carbocycles. The third-order valence-electron chi connectivity index (χ3n) is 4.61. The average Bonchev–Trinajstić information content (AvgIpc) is 3.25. The fraction of sp³-hybridized carbons (Fsp3) is 0.318. The summed E-state index contributed by atoms with van der Waals surface area (Å²) < 4.78 is 49.7. The van der Waals surface area contributed by atoms with Crippen LogP contribution in [0.1, 0.15) is 25.7 Å². The van der Waals surface area contributed by atoms with E-state index in [9.17, 15) is 17.6 Å². The summed E-state index contributed by atoms with van der Waals surface area (Å²) in [6.07, 6.45) is 1.24. The van der Waals surface area contributed by atoms with Gasteiger partial charge in [0.05, 0.1) is 25.1 Å². The Morgan fingerprint density at radius 2 is 1.91 bits per heavy atom. The van der Waals surface area contributed by atoms with Gasteiger partial charge in [0, 0.05) is 18.5 Å². The van der Waals surface area contributed by atoms with Crippen molar-refractivity contribution in [2.75, 3.05) is 23.7 Å². The van der Waals surface area contributed by atoms with Crippen LogP contribution >= 0.6 is 0 Å². The summed E-state index contributed by atoms with van der Waals surface area (Å²) in [7, 11) is -3.70. The highest BCUT2D eigenvalue weighted by Crippen LogP contribution is 2.22. The molecule has 0 aliphatic rings. The first kappa shape index (κ1) is 24.2. The molecule has 176 valence electrons. The molecule has 0 radical (unpaired) electrons. The van der Waals surface area contributed by atoms with E-state index in [0.29, 0.717) is 12.4 Å². The minimum absolute atomic E-state index is 0.0321. The Kier molecular flexibility index (Phi) is 7.99. The van der Waals surface area contributed by atoms with Crippen LogP contribution in [-0.2, 0) is 21.4 Å². The van der Waals surface area contributed by atoms with Crippen LogP contribution in [0.2, 0.25) is 0 Å². The summed E-state index contributed by atoms with van der Waals surface area (Å²) in [4.78, 5) is 16.4. The summed E-state index contributed by atoms with van der Waals surface area (Å²) in [5.41, 5.74) is 0.696. The first-order chi connectivity index (χ1) is 15.8. The van der Waals surface area contributed by atoms with E-state index in [2.05, 4.69) is 15.5 Å². The third kappa shape index (κ3) is 6.75. The lowest BCUT2D eigenvalue weighted by Gasteiger charge is -2.22. The second-order valence-electron chi connectivity index (χ2n) is 7.14. The Bertz CT molecular complexity index is 1180. The van der Waals surface area contributed by atoms with Gasteiger partial charge in [0.2, 0.25) is 27.6 Å². The van der Waals surface area contributed by atoms with Crippen molar-refractivity contribution < 1.29 is 26.9 Å². The molecule has 1 N–H and O–H groups in total. The molecule has 0 saturated heterocycles. The lowest BCUT2D eigenvalue weighted by molar-refractivity contribution is -0.121. The fourth-order valence-corrected chi connectivity index (χ4v) is 4.04. The van der Waals surface area contributed by atoms with Crippen molar-refractivity contribution in [2.45, 2.75) is 26.3 Å². The van der Waals surface area contributed by atoms with Crippen molar-refractivity contribution in [1.29, 1.82) is 0 Å². The second-order valence-corrected chi connectivity index (χ2v) is 9.04. The van der Waals surface area contributed by atoms with Gasteiger partial charge in [0.1, 0.15) is 11.6 Å². The number of hydrogen-bond acceptors (Lipinski definition) is 7. The summed E-state index contributed by atoms with van der Waals surface area (Å²) >= 11 is 0. The SMILES string of the molecule is CCOc1ccc(-c2noc(CNC(=O)CCCN(c3ccccc3F)S(C)(=O)=O)n2)cc1. The van der Waals surface area contributed by atoms with Crippen LogP contribution in [0.3, 0.4) is 0 Å². The fourth-order valence-electron chi connectivity index (χ4n) is 3.08. The van der Waals surface area contributed by atoms with Gasteiger partial charge in [-0.15, -0.1) is 0 Å². The minimum atomic E-state index is -3.70. The maximum absolute atomic E-state index is 14.0. The van der Waals surface area contributed by atoms with E-state index in [0.717, 1.165) is 21.9 Å². The van der Waals surface area contributed by atoms with Crippen LogP contribution in [-0.4, -0.2) is 43.9 Å². The van der Waals surface area contributed by atoms with Crippen LogP contribution in [0.5, 0.6) is 5.75 Å². The molecule has 3 rings (SSSR count). The molecule has 3 aromatic rings. The number of hydrogen-bond donors (Lipinski definition) is 1. The largest absolute Gasteiger partial charge is 0.494 e. The maximum Gasteiger partial charge on any atom is 0.246 e. The van der Waals surface area contributed by atoms with Crippen LogP contribution in [0, 0.1) is 5.82 Å². The Labute approximate surface area is 191 Å². The monoisotopic (exact) mass is 476 g/mol. The normalized spacial score (nSPS) is 11.2. The number of anilines is 1. The van der Waals surface area contributed by atoms with Gasteiger partial charge in [0.25, 0.3) is 0 Å². The zero-order chi connectivity index (χ0) is 23.8. The van der Waals surface area contributed by atoms with Crippen molar-refractivity contribution in [2.24, 2.45) is 0 Å². The Morgan fingerprint density at radius 3 is 2.58 bits per heavy atom. The number of aromatic nitrogens is 2. The number of nitrogens with one attached hydrogen (secondary N) is 1. The summed E-state index contributed by atoms with van der Waals surface area (Å²) in [6.45, 7) is 2.47. The van der Waals surface area contributed by atoms with Crippen LogP contribution in [0.25, 0.3) is 11.4 Å². The highest BCUT2D eigenvalue weighted by atomic mass is 32.2. The number of ether oxygens (including phenoxy) is 1. The molecule has 0 spiro atoms. The molecule has 0 bridgehead atoms. The summed E-state index contributed by atoms with van der Waals surface area (Å²) in [5.74, 6) is 0.388. The molecule has 33 heavy (non-hydrogen) atoms. The van der Waals surface area contributed by atoms with Gasteiger partial charge >= 0.3 is 0 Å². The van der Waals surface area contributed by atoms with Gasteiger partial charge in [-0.25, -0.2) is 12.8 Å². The van der Waals surface area contributed by atoms with E-state index in [1.165, 1.54) is 18.2 Å². The highest BCUT2D eigenvalue weighted by molar-refractivity contribution is 7.92. The zero-order valence-corrected chi connectivity index (χ0v) is 19.1. The average molecular weight is 477 g/mol. The Balaban J connectivity index is 1.50. The number of nitrogens with zero attached hydrogens (tertiary/aromatic N) is 3. The van der Waals surface area contributed by atoms with Gasteiger partial charge in [-0.3, -0.25) is 9.10 Å². The standard InChI is InChI=1S/C22H25FN4O5S/c1-3-31-17-12-10-16(11-13-17)22-25-21(32-26-22)15-24-20(28)9-6-14-27(33(2,29)30)19-8-5-4-7-18(19)23/h4-5,7-8,10-13H,3,6,9,14-15H2,1-2H3,(H,24,28). The molecule has 2 aromatic carbocycles. The molecule has 11 heteroatoms. The predicted octanol–water partition coefficient (Wildman–Crippen LogP) is 3.14. The quantitative estimate of drug-likeness (QED) is 0.452. The van der Waals surface area contributed by atoms with Crippen LogP contribution in [0.4, 0.5) is 10.1 Å². The summed E-state index contributed by atoms with van der Waals surface area (Å²) in [6, 6.07) is 12.8. The van der Waals surface area contributed by atoms with E-state index in [-0.39, 0.29) is 43.4 Å². The van der Waals surface area contributed by atoms with Gasteiger partial charge in [-0.1, -0.05) is 17.3 Å². The molecule has 9 nitrogen and oxygen atoms in total. The number of rotatable bonds is 11. The van der Waals surface area contributed by atoms with Crippen molar-refractivity contribution in [3.05, 3.63) is 60.2 Å². The molecule has 0 aliphatic carbocycles. The summed E-state index contributed by atoms with van der Waals surface area (Å²) in [5, 5.41) is 6.56. The van der Waals surface area contributed by atoms with Gasteiger partial charge in [0.15, 0.2) is 0 Å². The van der Waals surface area contributed by atoms with Crippen molar-refractivity contribution in [1.82, 2.24) is 15.5 Å². The first-order valence-electron chi connectivity index (χ1n) is 10.3. The smallest absolute Gasteiger partial charge is 0.246 e. The highest BCUT2D eigenvalue weighted by Gasteiger charge is 2.20. The minimum Gasteiger partial charge on any atom is -0.494 e. The first-order valence-corrected chi connectivity index (χ1v) is 12.2. The molecule has 1 heterocycles. The Morgan fingerprint density at radius 1 is 1.18 bits per heavy atom. The predicted molar refractivity (Wildman–Crippen MR) is 121 cm³/mol. The second kappa shape index (κ2) is 10.9. The van der Waals surface area contributed by atoms with Gasteiger partial charge in [-0.2, -0.15) is 4.98 Å². The van der Waals surface area contributed by atoms with Crippen molar-refractivity contribution in [3.63, 3.8) is 0 Å². The lowest BCUT2D eigenvalue weighted by Crippen LogP contribution is -2.32.